The molecule has 1 fully saturated rings. The first-order chi connectivity index (χ1) is 15.0. The Bertz CT molecular complexity index is 1240. The Labute approximate surface area is 182 Å². The molecule has 2 heterocycles. The number of alkyl halides is 3. The third-order valence-corrected chi connectivity index (χ3v) is 5.73. The van der Waals surface area contributed by atoms with Crippen LogP contribution in [0, 0.1) is 16.7 Å². The zero-order chi connectivity index (χ0) is 23.3. The number of nitriles is 1. The summed E-state index contributed by atoms with van der Waals surface area (Å²) in [5.41, 5.74) is -0.462. The van der Waals surface area contributed by atoms with Crippen molar-refractivity contribution in [1.82, 2.24) is 14.5 Å². The monoisotopic (exact) mass is 442 g/mol. The summed E-state index contributed by atoms with van der Waals surface area (Å²) in [5, 5.41) is 8.97. The van der Waals surface area contributed by atoms with E-state index in [9.17, 15) is 18.0 Å². The van der Waals surface area contributed by atoms with Gasteiger partial charge in [0.25, 0.3) is 5.91 Å². The second-order valence-electron chi connectivity index (χ2n) is 8.57. The molecule has 9 heteroatoms. The second kappa shape index (κ2) is 7.55. The molecule has 0 aliphatic carbocycles. The molecular formula is C23H21F3N4O2. The van der Waals surface area contributed by atoms with Gasteiger partial charge in [0, 0.05) is 19.0 Å². The average molecular weight is 442 g/mol. The molecular weight excluding hydrogens is 421 g/mol. The van der Waals surface area contributed by atoms with Crippen LogP contribution in [0.5, 0.6) is 5.75 Å². The number of imidazole rings is 1. The lowest BCUT2D eigenvalue weighted by atomic mass is 9.89. The Balaban J connectivity index is 1.59. The summed E-state index contributed by atoms with van der Waals surface area (Å²) in [5.74, 6) is 0.279. The van der Waals surface area contributed by atoms with Crippen LogP contribution in [0.4, 0.5) is 13.2 Å². The van der Waals surface area contributed by atoms with Crippen molar-refractivity contribution in [2.24, 2.45) is 12.5 Å². The number of hydrogen-bond acceptors (Lipinski definition) is 4. The van der Waals surface area contributed by atoms with E-state index in [0.717, 1.165) is 23.2 Å². The maximum Gasteiger partial charge on any atom is 0.417 e. The van der Waals surface area contributed by atoms with Gasteiger partial charge in [0.05, 0.1) is 34.8 Å². The highest BCUT2D eigenvalue weighted by Gasteiger charge is 2.48. The Hall–Kier alpha value is -3.54. The van der Waals surface area contributed by atoms with Gasteiger partial charge in [0.2, 0.25) is 0 Å². The van der Waals surface area contributed by atoms with Crippen LogP contribution in [0.1, 0.15) is 30.8 Å². The Kier molecular flexibility index (Phi) is 5.12. The number of amides is 1. The molecule has 1 aliphatic heterocycles. The van der Waals surface area contributed by atoms with Crippen LogP contribution < -0.4 is 4.74 Å². The van der Waals surface area contributed by atoms with Gasteiger partial charge in [-0.1, -0.05) is 26.0 Å². The predicted octanol–water partition coefficient (Wildman–Crippen LogP) is 4.28. The minimum absolute atomic E-state index is 0.104. The van der Waals surface area contributed by atoms with Crippen molar-refractivity contribution < 1.29 is 22.7 Å². The lowest BCUT2D eigenvalue weighted by molar-refractivity contribution is -0.138. The van der Waals surface area contributed by atoms with E-state index in [2.05, 4.69) is 4.98 Å². The van der Waals surface area contributed by atoms with Gasteiger partial charge in [-0.2, -0.15) is 18.4 Å². The van der Waals surface area contributed by atoms with Crippen molar-refractivity contribution in [3.8, 4) is 11.8 Å². The van der Waals surface area contributed by atoms with E-state index in [1.807, 2.05) is 49.7 Å². The highest BCUT2D eigenvalue weighted by Crippen LogP contribution is 2.38. The van der Waals surface area contributed by atoms with E-state index < -0.39 is 28.8 Å². The van der Waals surface area contributed by atoms with Gasteiger partial charge in [-0.15, -0.1) is 0 Å². The number of benzene rings is 2. The number of ether oxygens (including phenoxy) is 1. The summed E-state index contributed by atoms with van der Waals surface area (Å²) < 4.78 is 47.6. The van der Waals surface area contributed by atoms with E-state index in [1.54, 1.807) is 4.90 Å². The molecule has 1 aromatic heterocycles. The molecule has 0 saturated carbocycles. The second-order valence-corrected chi connectivity index (χ2v) is 8.57. The van der Waals surface area contributed by atoms with Gasteiger partial charge < -0.3 is 14.2 Å². The Morgan fingerprint density at radius 1 is 1.25 bits per heavy atom. The third-order valence-electron chi connectivity index (χ3n) is 5.73. The van der Waals surface area contributed by atoms with Crippen molar-refractivity contribution in [1.29, 1.82) is 5.26 Å². The van der Waals surface area contributed by atoms with Crippen molar-refractivity contribution in [2.45, 2.75) is 32.7 Å². The van der Waals surface area contributed by atoms with Gasteiger partial charge in [-0.25, -0.2) is 4.98 Å². The number of aromatic nitrogens is 2. The van der Waals surface area contributed by atoms with Gasteiger partial charge in [-0.05, 0) is 30.3 Å². The number of rotatable bonds is 4. The predicted molar refractivity (Wildman–Crippen MR) is 110 cm³/mol. The van der Waals surface area contributed by atoms with E-state index in [1.165, 1.54) is 12.1 Å². The molecule has 0 spiro atoms. The zero-order valence-electron chi connectivity index (χ0n) is 17.8. The number of hydrogen-bond donors (Lipinski definition) is 0. The van der Waals surface area contributed by atoms with Crippen molar-refractivity contribution in [2.75, 3.05) is 6.54 Å². The van der Waals surface area contributed by atoms with Crippen molar-refractivity contribution in [3.05, 3.63) is 59.4 Å². The molecule has 6 nitrogen and oxygen atoms in total. The lowest BCUT2D eigenvalue weighted by Crippen LogP contribution is -2.36. The zero-order valence-corrected chi connectivity index (χ0v) is 17.8. The molecule has 166 valence electrons. The maximum atomic E-state index is 13.3. The van der Waals surface area contributed by atoms with Gasteiger partial charge >= 0.3 is 6.18 Å². The lowest BCUT2D eigenvalue weighted by Gasteiger charge is -2.24. The molecule has 1 aliphatic rings. The highest BCUT2D eigenvalue weighted by atomic mass is 19.4. The SMILES string of the molecule is Cn1c(CN2CC(C)(C)C(Oc3ccc(C#N)c(C(F)(F)F)c3)C2=O)nc2ccccc21. The molecule has 1 saturated heterocycles. The standard InChI is InChI=1S/C23H21F3N4O2/c1-22(2)13-30(12-19-28-17-6-4-5-7-18(17)29(19)3)21(31)20(22)32-15-9-8-14(11-27)16(10-15)23(24,25)26/h4-10,20H,12-13H2,1-3H3. The summed E-state index contributed by atoms with van der Waals surface area (Å²) in [4.78, 5) is 19.4. The smallest absolute Gasteiger partial charge is 0.417 e. The molecule has 1 amide bonds. The van der Waals surface area contributed by atoms with E-state index in [-0.39, 0.29) is 18.2 Å². The number of nitrogens with zero attached hydrogens (tertiary/aromatic N) is 4. The summed E-state index contributed by atoms with van der Waals surface area (Å²) in [6.07, 6.45) is -5.67. The van der Waals surface area contributed by atoms with Crippen LogP contribution in [-0.4, -0.2) is 33.0 Å². The molecule has 0 N–H and O–H groups in total. The third kappa shape index (κ3) is 3.77. The topological polar surface area (TPSA) is 71.2 Å². The first-order valence-corrected chi connectivity index (χ1v) is 9.98. The summed E-state index contributed by atoms with van der Waals surface area (Å²) in [6.45, 7) is 4.29. The Morgan fingerprint density at radius 3 is 2.62 bits per heavy atom. The quantitative estimate of drug-likeness (QED) is 0.605. The molecule has 4 rings (SSSR count). The van der Waals surface area contributed by atoms with Crippen LogP contribution in [0.15, 0.2) is 42.5 Å². The number of carbonyl (C=O) groups is 1. The number of aryl methyl sites for hydroxylation is 1. The fraction of sp³-hybridized carbons (Fsp3) is 0.348. The van der Waals surface area contributed by atoms with Gasteiger partial charge in [0.15, 0.2) is 6.10 Å². The van der Waals surface area contributed by atoms with Crippen LogP contribution in [0.3, 0.4) is 0 Å². The summed E-state index contributed by atoms with van der Waals surface area (Å²) in [7, 11) is 1.87. The van der Waals surface area contributed by atoms with Crippen molar-refractivity contribution >= 4 is 16.9 Å². The molecule has 0 radical (unpaired) electrons. The van der Waals surface area contributed by atoms with E-state index in [4.69, 9.17) is 10.00 Å². The van der Waals surface area contributed by atoms with E-state index >= 15 is 0 Å². The van der Waals surface area contributed by atoms with Crippen LogP contribution in [0.2, 0.25) is 0 Å². The average Bonchev–Trinajstić information content (AvgIpc) is 3.15. The summed E-state index contributed by atoms with van der Waals surface area (Å²) in [6, 6.07) is 12.3. The normalized spacial score (nSPS) is 18.2. The van der Waals surface area contributed by atoms with Crippen LogP contribution in [0.25, 0.3) is 11.0 Å². The Morgan fingerprint density at radius 2 is 1.97 bits per heavy atom. The molecule has 2 aromatic carbocycles. The molecule has 1 atom stereocenters. The maximum absolute atomic E-state index is 13.3. The highest BCUT2D eigenvalue weighted by molar-refractivity contribution is 5.85. The number of carbonyl (C=O) groups excluding carboxylic acids is 1. The van der Waals surface area contributed by atoms with Crippen molar-refractivity contribution in [3.63, 3.8) is 0 Å². The minimum Gasteiger partial charge on any atom is -0.480 e. The van der Waals surface area contributed by atoms with Crippen LogP contribution >= 0.6 is 0 Å². The fourth-order valence-corrected chi connectivity index (χ4v) is 4.07. The molecule has 0 bridgehead atoms. The van der Waals surface area contributed by atoms with Gasteiger partial charge in [0.1, 0.15) is 11.6 Å². The molecule has 1 unspecified atom stereocenters. The minimum atomic E-state index is -4.70. The largest absolute Gasteiger partial charge is 0.480 e. The van der Waals surface area contributed by atoms with Gasteiger partial charge in [-0.3, -0.25) is 4.79 Å². The number of para-hydroxylation sites is 2. The number of halogens is 3. The fourth-order valence-electron chi connectivity index (χ4n) is 4.07. The number of likely N-dealkylation sites (tertiary alicyclic amines) is 1. The molecule has 3 aromatic rings. The summed E-state index contributed by atoms with van der Waals surface area (Å²) >= 11 is 0. The van der Waals surface area contributed by atoms with E-state index in [0.29, 0.717) is 12.4 Å². The molecule has 32 heavy (non-hydrogen) atoms. The number of fused-ring (bicyclic) bond motifs is 1. The first kappa shape index (κ1) is 21.7. The first-order valence-electron chi connectivity index (χ1n) is 9.98. The van der Waals surface area contributed by atoms with Crippen LogP contribution in [-0.2, 0) is 24.6 Å².